The van der Waals surface area contributed by atoms with Crippen molar-refractivity contribution in [1.82, 2.24) is 5.32 Å². The molecular formula is C15H19NOS. The molecule has 0 heterocycles. The summed E-state index contributed by atoms with van der Waals surface area (Å²) < 4.78 is 4.99. The largest absolute Gasteiger partial charge is 0.383 e. The van der Waals surface area contributed by atoms with Crippen LogP contribution >= 0.6 is 11.8 Å². The first-order valence-electron chi connectivity index (χ1n) is 6.21. The van der Waals surface area contributed by atoms with Gasteiger partial charge in [0.05, 0.1) is 6.61 Å². The molecule has 0 amide bonds. The van der Waals surface area contributed by atoms with Crippen LogP contribution in [0.4, 0.5) is 0 Å². The highest BCUT2D eigenvalue weighted by atomic mass is 32.2. The Morgan fingerprint density at radius 2 is 1.89 bits per heavy atom. The van der Waals surface area contributed by atoms with E-state index in [1.54, 1.807) is 7.11 Å². The van der Waals surface area contributed by atoms with E-state index >= 15 is 0 Å². The molecule has 3 heteroatoms. The summed E-state index contributed by atoms with van der Waals surface area (Å²) in [5.41, 5.74) is 0. The minimum Gasteiger partial charge on any atom is -0.383 e. The lowest BCUT2D eigenvalue weighted by molar-refractivity contribution is 0.200. The molecule has 2 aromatic rings. The lowest BCUT2D eigenvalue weighted by Gasteiger charge is -2.05. The lowest BCUT2D eigenvalue weighted by atomic mass is 10.1. The van der Waals surface area contributed by atoms with E-state index in [0.29, 0.717) is 0 Å². The average Bonchev–Trinajstić information content (AvgIpc) is 2.42. The van der Waals surface area contributed by atoms with Gasteiger partial charge in [0.25, 0.3) is 0 Å². The van der Waals surface area contributed by atoms with Crippen molar-refractivity contribution < 1.29 is 4.74 Å². The molecule has 0 aliphatic rings. The number of methoxy groups -OCH3 is 1. The highest BCUT2D eigenvalue weighted by Gasteiger charge is 1.96. The molecule has 0 radical (unpaired) electrons. The maximum absolute atomic E-state index is 4.99. The van der Waals surface area contributed by atoms with Gasteiger partial charge in [-0.15, -0.1) is 11.8 Å². The van der Waals surface area contributed by atoms with Crippen LogP contribution in [0.5, 0.6) is 0 Å². The second-order valence-electron chi connectivity index (χ2n) is 4.10. The SMILES string of the molecule is COCCNCCSc1ccc2ccccc2c1. The quantitative estimate of drug-likeness (QED) is 0.611. The Bertz CT molecular complexity index is 487. The van der Waals surface area contributed by atoms with Crippen LogP contribution in [-0.4, -0.2) is 32.6 Å². The summed E-state index contributed by atoms with van der Waals surface area (Å²) in [6.07, 6.45) is 0. The maximum atomic E-state index is 4.99. The summed E-state index contributed by atoms with van der Waals surface area (Å²) in [5.74, 6) is 1.09. The molecule has 0 aromatic heterocycles. The van der Waals surface area contributed by atoms with E-state index in [1.165, 1.54) is 15.7 Å². The number of nitrogens with one attached hydrogen (secondary N) is 1. The second kappa shape index (κ2) is 7.41. The van der Waals surface area contributed by atoms with Gasteiger partial charge < -0.3 is 10.1 Å². The number of rotatable bonds is 7. The van der Waals surface area contributed by atoms with Crippen LogP contribution in [0.25, 0.3) is 10.8 Å². The predicted octanol–water partition coefficient (Wildman–Crippen LogP) is 3.17. The zero-order valence-corrected chi connectivity index (χ0v) is 11.5. The first kappa shape index (κ1) is 13.4. The molecule has 0 saturated heterocycles. The van der Waals surface area contributed by atoms with E-state index in [9.17, 15) is 0 Å². The Morgan fingerprint density at radius 1 is 1.06 bits per heavy atom. The molecule has 0 spiro atoms. The smallest absolute Gasteiger partial charge is 0.0587 e. The van der Waals surface area contributed by atoms with Crippen LogP contribution in [0.2, 0.25) is 0 Å². The zero-order valence-electron chi connectivity index (χ0n) is 10.7. The fourth-order valence-electron chi connectivity index (χ4n) is 1.80. The Hall–Kier alpha value is -1.03. The normalized spacial score (nSPS) is 10.9. The lowest BCUT2D eigenvalue weighted by Crippen LogP contribution is -2.21. The van der Waals surface area contributed by atoms with Gasteiger partial charge in [0.2, 0.25) is 0 Å². The maximum Gasteiger partial charge on any atom is 0.0587 e. The molecule has 2 rings (SSSR count). The third-order valence-corrected chi connectivity index (χ3v) is 3.75. The Morgan fingerprint density at radius 3 is 2.72 bits per heavy atom. The fourth-order valence-corrected chi connectivity index (χ4v) is 2.65. The van der Waals surface area contributed by atoms with Crippen molar-refractivity contribution in [3.05, 3.63) is 42.5 Å². The molecule has 96 valence electrons. The number of fused-ring (bicyclic) bond motifs is 1. The highest BCUT2D eigenvalue weighted by Crippen LogP contribution is 2.23. The summed E-state index contributed by atoms with van der Waals surface area (Å²) >= 11 is 1.89. The van der Waals surface area contributed by atoms with Crippen molar-refractivity contribution >= 4 is 22.5 Å². The van der Waals surface area contributed by atoms with Crippen LogP contribution in [0.3, 0.4) is 0 Å². The molecule has 0 bridgehead atoms. The van der Waals surface area contributed by atoms with Gasteiger partial charge in [-0.2, -0.15) is 0 Å². The minimum absolute atomic E-state index is 0.778. The third-order valence-electron chi connectivity index (χ3n) is 2.75. The first-order chi connectivity index (χ1) is 8.90. The highest BCUT2D eigenvalue weighted by molar-refractivity contribution is 7.99. The van der Waals surface area contributed by atoms with Crippen molar-refractivity contribution in [2.45, 2.75) is 4.90 Å². The molecule has 0 atom stereocenters. The van der Waals surface area contributed by atoms with E-state index in [1.807, 2.05) is 11.8 Å². The monoisotopic (exact) mass is 261 g/mol. The zero-order chi connectivity index (χ0) is 12.6. The van der Waals surface area contributed by atoms with E-state index in [4.69, 9.17) is 4.74 Å². The van der Waals surface area contributed by atoms with Crippen molar-refractivity contribution in [3.8, 4) is 0 Å². The molecule has 0 aliphatic carbocycles. The molecular weight excluding hydrogens is 242 g/mol. The Balaban J connectivity index is 1.81. The fraction of sp³-hybridized carbons (Fsp3) is 0.333. The van der Waals surface area contributed by atoms with Gasteiger partial charge in [-0.05, 0) is 22.9 Å². The van der Waals surface area contributed by atoms with Crippen LogP contribution in [0.15, 0.2) is 47.4 Å². The first-order valence-corrected chi connectivity index (χ1v) is 7.20. The Kier molecular flexibility index (Phi) is 5.52. The molecule has 2 nitrogen and oxygen atoms in total. The molecule has 0 aliphatic heterocycles. The summed E-state index contributed by atoms with van der Waals surface area (Å²) in [6.45, 7) is 2.72. The van der Waals surface area contributed by atoms with Gasteiger partial charge >= 0.3 is 0 Å². The van der Waals surface area contributed by atoms with Gasteiger partial charge in [0, 0.05) is 30.8 Å². The summed E-state index contributed by atoms with van der Waals surface area (Å²) in [6, 6.07) is 15.1. The third kappa shape index (κ3) is 4.02. The second-order valence-corrected chi connectivity index (χ2v) is 5.27. The van der Waals surface area contributed by atoms with Crippen LogP contribution in [0, 0.1) is 0 Å². The van der Waals surface area contributed by atoms with Crippen molar-refractivity contribution in [2.24, 2.45) is 0 Å². The topological polar surface area (TPSA) is 21.3 Å². The predicted molar refractivity (Wildman–Crippen MR) is 79.4 cm³/mol. The summed E-state index contributed by atoms with van der Waals surface area (Å²) in [7, 11) is 1.73. The number of thioether (sulfide) groups is 1. The Labute approximate surface area is 113 Å². The van der Waals surface area contributed by atoms with E-state index in [0.717, 1.165) is 25.4 Å². The van der Waals surface area contributed by atoms with E-state index in [-0.39, 0.29) is 0 Å². The number of hydrogen-bond donors (Lipinski definition) is 1. The summed E-state index contributed by atoms with van der Waals surface area (Å²) in [4.78, 5) is 1.34. The molecule has 0 saturated carbocycles. The van der Waals surface area contributed by atoms with E-state index < -0.39 is 0 Å². The van der Waals surface area contributed by atoms with Crippen LogP contribution in [-0.2, 0) is 4.74 Å². The minimum atomic E-state index is 0.778. The molecule has 0 unspecified atom stereocenters. The van der Waals surface area contributed by atoms with Gasteiger partial charge in [0.15, 0.2) is 0 Å². The van der Waals surface area contributed by atoms with Gasteiger partial charge in [-0.25, -0.2) is 0 Å². The summed E-state index contributed by atoms with van der Waals surface area (Å²) in [5, 5.41) is 5.97. The van der Waals surface area contributed by atoms with Gasteiger partial charge in [-0.1, -0.05) is 30.3 Å². The van der Waals surface area contributed by atoms with Crippen molar-refractivity contribution in [3.63, 3.8) is 0 Å². The molecule has 0 fully saturated rings. The van der Waals surface area contributed by atoms with Crippen LogP contribution in [0.1, 0.15) is 0 Å². The number of benzene rings is 2. The van der Waals surface area contributed by atoms with Crippen molar-refractivity contribution in [1.29, 1.82) is 0 Å². The number of hydrogen-bond acceptors (Lipinski definition) is 3. The molecule has 1 N–H and O–H groups in total. The molecule has 18 heavy (non-hydrogen) atoms. The average molecular weight is 261 g/mol. The van der Waals surface area contributed by atoms with Gasteiger partial charge in [0.1, 0.15) is 0 Å². The molecule has 2 aromatic carbocycles. The van der Waals surface area contributed by atoms with E-state index in [2.05, 4.69) is 47.8 Å². The van der Waals surface area contributed by atoms with Crippen molar-refractivity contribution in [2.75, 3.05) is 32.6 Å². The standard InChI is InChI=1S/C15H19NOS/c1-17-10-8-16-9-11-18-15-7-6-13-4-2-3-5-14(13)12-15/h2-7,12,16H,8-11H2,1H3. The van der Waals surface area contributed by atoms with Gasteiger partial charge in [-0.3, -0.25) is 0 Å². The number of ether oxygens (including phenoxy) is 1. The van der Waals surface area contributed by atoms with Crippen LogP contribution < -0.4 is 5.32 Å².